The molecule has 0 amide bonds. The molecule has 0 aliphatic carbocycles. The van der Waals surface area contributed by atoms with E-state index in [0.29, 0.717) is 12.8 Å². The Morgan fingerprint density at radius 1 is 0.578 bits per heavy atom. The number of ether oxygens (including phenoxy) is 2. The average molecular weight is 667 g/mol. The van der Waals surface area contributed by atoms with Crippen LogP contribution in [0.4, 0.5) is 0 Å². The summed E-state index contributed by atoms with van der Waals surface area (Å²) in [5.74, 6) is -0.920. The predicted molar refractivity (Wildman–Crippen MR) is 178 cm³/mol. The molecule has 1 unspecified atom stereocenters. The molecule has 0 bridgehead atoms. The second kappa shape index (κ2) is 31.6. The minimum Gasteiger partial charge on any atom is -0.462 e. The Kier molecular flexibility index (Phi) is 30.8. The van der Waals surface area contributed by atoms with Gasteiger partial charge in [-0.15, -0.1) is 0 Å². The zero-order chi connectivity index (χ0) is 33.4. The third-order valence-electron chi connectivity index (χ3n) is 7.76. The van der Waals surface area contributed by atoms with Gasteiger partial charge in [0.15, 0.2) is 6.10 Å². The fraction of sp³-hybridized carbons (Fsp3) is 0.941. The van der Waals surface area contributed by atoms with Crippen LogP contribution in [0.3, 0.4) is 0 Å². The van der Waals surface area contributed by atoms with Crippen LogP contribution in [0.25, 0.3) is 0 Å². The maximum absolute atomic E-state index is 12.5. The van der Waals surface area contributed by atoms with Crippen molar-refractivity contribution in [3.05, 3.63) is 0 Å². The number of hydrogen-bond donors (Lipinski definition) is 3. The Balaban J connectivity index is 4.35. The lowest BCUT2D eigenvalue weighted by Gasteiger charge is -2.20. The number of hydrogen-bond acceptors (Lipinski definition) is 9. The number of phosphoric acid groups is 1. The van der Waals surface area contributed by atoms with Gasteiger partial charge in [-0.05, 0) is 12.8 Å². The summed E-state index contributed by atoms with van der Waals surface area (Å²) in [4.78, 5) is 34.6. The van der Waals surface area contributed by atoms with Crippen molar-refractivity contribution in [1.29, 1.82) is 0 Å². The Morgan fingerprint density at radius 2 is 0.956 bits per heavy atom. The lowest BCUT2D eigenvalue weighted by atomic mass is 10.0. The quantitative estimate of drug-likeness (QED) is 0.0348. The number of carbonyl (C=O) groups is 2. The van der Waals surface area contributed by atoms with Crippen molar-refractivity contribution in [3.63, 3.8) is 0 Å². The molecule has 0 saturated carbocycles. The first kappa shape index (κ1) is 44.0. The molecule has 0 aliphatic rings. The van der Waals surface area contributed by atoms with Gasteiger partial charge in [-0.3, -0.25) is 18.6 Å². The molecule has 45 heavy (non-hydrogen) atoms. The number of aliphatic hydroxyl groups is 2. The molecule has 3 atom stereocenters. The Morgan fingerprint density at radius 3 is 1.38 bits per heavy atom. The molecule has 0 radical (unpaired) electrons. The van der Waals surface area contributed by atoms with Gasteiger partial charge < -0.3 is 24.6 Å². The minimum absolute atomic E-state index is 0.190. The van der Waals surface area contributed by atoms with Crippen molar-refractivity contribution in [2.45, 2.75) is 180 Å². The first-order chi connectivity index (χ1) is 21.7. The van der Waals surface area contributed by atoms with Gasteiger partial charge in [0.2, 0.25) is 0 Å². The largest absolute Gasteiger partial charge is 0.472 e. The van der Waals surface area contributed by atoms with Crippen molar-refractivity contribution in [1.82, 2.24) is 0 Å². The molecule has 10 nitrogen and oxygen atoms in total. The molecule has 0 aromatic heterocycles. The number of phosphoric ester groups is 1. The molecule has 0 heterocycles. The Hall–Kier alpha value is -1.03. The van der Waals surface area contributed by atoms with Gasteiger partial charge in [-0.2, -0.15) is 0 Å². The highest BCUT2D eigenvalue weighted by Gasteiger charge is 2.27. The van der Waals surface area contributed by atoms with Crippen LogP contribution >= 0.6 is 7.82 Å². The van der Waals surface area contributed by atoms with Gasteiger partial charge in [0.1, 0.15) is 12.7 Å². The van der Waals surface area contributed by atoms with Gasteiger partial charge in [-0.1, -0.05) is 142 Å². The molecule has 3 N–H and O–H groups in total. The van der Waals surface area contributed by atoms with Crippen LogP contribution in [0.1, 0.15) is 168 Å². The fourth-order valence-electron chi connectivity index (χ4n) is 4.93. The molecular formula is C34H67O10P. The van der Waals surface area contributed by atoms with E-state index in [0.717, 1.165) is 38.5 Å². The lowest BCUT2D eigenvalue weighted by molar-refractivity contribution is -0.161. The smallest absolute Gasteiger partial charge is 0.462 e. The Bertz CT molecular complexity index is 736. The summed E-state index contributed by atoms with van der Waals surface area (Å²) in [6.45, 7) is 2.35. The van der Waals surface area contributed by atoms with E-state index < -0.39 is 51.8 Å². The SMILES string of the molecule is CCCCCCCCCCCCCCCC(=O)OC[C@H](COP(=O)(O)OC[C@@H](O)CO)OC(=O)CCCCCCCCCCC. The van der Waals surface area contributed by atoms with Crippen molar-refractivity contribution in [2.24, 2.45) is 0 Å². The number of carbonyl (C=O) groups excluding carboxylic acids is 2. The summed E-state index contributed by atoms with van der Waals surface area (Å²) in [5, 5.41) is 18.2. The van der Waals surface area contributed by atoms with Crippen LogP contribution in [0.15, 0.2) is 0 Å². The number of esters is 2. The first-order valence-electron chi connectivity index (χ1n) is 18.0. The second-order valence-electron chi connectivity index (χ2n) is 12.3. The maximum atomic E-state index is 12.5. The van der Waals surface area contributed by atoms with Gasteiger partial charge in [0, 0.05) is 12.8 Å². The van der Waals surface area contributed by atoms with E-state index in [1.165, 1.54) is 89.9 Å². The van der Waals surface area contributed by atoms with Crippen LogP contribution in [-0.2, 0) is 32.7 Å². The van der Waals surface area contributed by atoms with Gasteiger partial charge >= 0.3 is 19.8 Å². The monoisotopic (exact) mass is 666 g/mol. The van der Waals surface area contributed by atoms with Crippen molar-refractivity contribution < 1.29 is 47.8 Å². The molecule has 0 aliphatic heterocycles. The summed E-state index contributed by atoms with van der Waals surface area (Å²) in [5.41, 5.74) is 0. The molecule has 0 fully saturated rings. The van der Waals surface area contributed by atoms with E-state index in [9.17, 15) is 24.2 Å². The second-order valence-corrected chi connectivity index (χ2v) is 13.7. The average Bonchev–Trinajstić information content (AvgIpc) is 3.02. The Labute approximate surface area is 273 Å². The topological polar surface area (TPSA) is 149 Å². The molecule has 0 rings (SSSR count). The highest BCUT2D eigenvalue weighted by Crippen LogP contribution is 2.43. The van der Waals surface area contributed by atoms with E-state index in [2.05, 4.69) is 18.4 Å². The first-order valence-corrected chi connectivity index (χ1v) is 19.5. The zero-order valence-corrected chi connectivity index (χ0v) is 29.5. The van der Waals surface area contributed by atoms with Gasteiger partial charge in [-0.25, -0.2) is 4.57 Å². The maximum Gasteiger partial charge on any atom is 0.472 e. The fourth-order valence-corrected chi connectivity index (χ4v) is 5.72. The summed E-state index contributed by atoms with van der Waals surface area (Å²) >= 11 is 0. The predicted octanol–water partition coefficient (Wildman–Crippen LogP) is 8.33. The van der Waals surface area contributed by atoms with E-state index in [-0.39, 0.29) is 19.4 Å². The standard InChI is InChI=1S/C34H67O10P/c1-3-5-7-9-11-13-14-15-16-18-19-21-23-25-33(37)41-29-32(30-43-45(39,40)42-28-31(36)27-35)44-34(38)26-24-22-20-17-12-10-8-6-4-2/h31-32,35-36H,3-30H2,1-2H3,(H,39,40)/t31-,32+/m0/s1. The van der Waals surface area contributed by atoms with Gasteiger partial charge in [0.05, 0.1) is 19.8 Å². The number of aliphatic hydroxyl groups excluding tert-OH is 2. The lowest BCUT2D eigenvalue weighted by Crippen LogP contribution is -2.29. The zero-order valence-electron chi connectivity index (χ0n) is 28.6. The molecule has 0 aromatic rings. The summed E-state index contributed by atoms with van der Waals surface area (Å²) in [7, 11) is -4.60. The molecule has 0 aromatic carbocycles. The van der Waals surface area contributed by atoms with E-state index in [1.807, 2.05) is 0 Å². The third-order valence-corrected chi connectivity index (χ3v) is 8.71. The van der Waals surface area contributed by atoms with Crippen molar-refractivity contribution in [2.75, 3.05) is 26.4 Å². The van der Waals surface area contributed by atoms with Crippen LogP contribution in [-0.4, -0.2) is 65.7 Å². The van der Waals surface area contributed by atoms with Crippen LogP contribution in [0, 0.1) is 0 Å². The van der Waals surface area contributed by atoms with Gasteiger partial charge in [0.25, 0.3) is 0 Å². The minimum atomic E-state index is -4.60. The molecule has 0 saturated heterocycles. The highest BCUT2D eigenvalue weighted by atomic mass is 31.2. The van der Waals surface area contributed by atoms with Crippen molar-refractivity contribution >= 4 is 19.8 Å². The highest BCUT2D eigenvalue weighted by molar-refractivity contribution is 7.47. The summed E-state index contributed by atoms with van der Waals surface area (Å²) in [6, 6.07) is 0. The van der Waals surface area contributed by atoms with E-state index in [1.54, 1.807) is 0 Å². The molecular weight excluding hydrogens is 599 g/mol. The molecule has 0 spiro atoms. The molecule has 268 valence electrons. The summed E-state index contributed by atoms with van der Waals surface area (Å²) < 4.78 is 32.5. The summed E-state index contributed by atoms with van der Waals surface area (Å²) in [6.07, 6.45) is 23.7. The number of unbranched alkanes of at least 4 members (excludes halogenated alkanes) is 20. The van der Waals surface area contributed by atoms with Crippen LogP contribution in [0.5, 0.6) is 0 Å². The van der Waals surface area contributed by atoms with Crippen LogP contribution in [0.2, 0.25) is 0 Å². The van der Waals surface area contributed by atoms with E-state index in [4.69, 9.17) is 19.1 Å². The normalized spacial score (nSPS) is 14.2. The van der Waals surface area contributed by atoms with E-state index >= 15 is 0 Å². The van der Waals surface area contributed by atoms with Crippen molar-refractivity contribution in [3.8, 4) is 0 Å². The third kappa shape index (κ3) is 31.3. The molecule has 11 heteroatoms. The number of rotatable bonds is 34. The van der Waals surface area contributed by atoms with Crippen LogP contribution < -0.4 is 0 Å².